The first-order chi connectivity index (χ1) is 4.59. The molecule has 0 saturated carbocycles. The maximum atomic E-state index is 10.9. The molecule has 0 aliphatic heterocycles. The lowest BCUT2D eigenvalue weighted by Gasteiger charge is -2.11. The van der Waals surface area contributed by atoms with Crippen LogP contribution in [0.3, 0.4) is 0 Å². The third-order valence-corrected chi connectivity index (χ3v) is 1.39. The molecule has 0 radical (unpaired) electrons. The first-order valence-electron chi connectivity index (χ1n) is 3.56. The van der Waals surface area contributed by atoms with Crippen LogP contribution in [0.5, 0.6) is 0 Å². The number of nitrogens with two attached hydrogens (primary N) is 1. The van der Waals surface area contributed by atoms with E-state index < -0.39 is 12.1 Å². The van der Waals surface area contributed by atoms with Crippen molar-refractivity contribution >= 4 is 5.78 Å². The van der Waals surface area contributed by atoms with Gasteiger partial charge in [-0.1, -0.05) is 6.92 Å². The van der Waals surface area contributed by atoms with Gasteiger partial charge in [0, 0.05) is 6.42 Å². The number of hydrogen-bond acceptors (Lipinski definition) is 3. The van der Waals surface area contributed by atoms with Gasteiger partial charge in [-0.15, -0.1) is 0 Å². The molecule has 0 saturated heterocycles. The van der Waals surface area contributed by atoms with Gasteiger partial charge in [-0.3, -0.25) is 4.79 Å². The van der Waals surface area contributed by atoms with E-state index in [2.05, 4.69) is 0 Å². The van der Waals surface area contributed by atoms with Gasteiger partial charge in [0.05, 0.1) is 12.1 Å². The Morgan fingerprint density at radius 2 is 2.20 bits per heavy atom. The summed E-state index contributed by atoms with van der Waals surface area (Å²) >= 11 is 0. The third-order valence-electron chi connectivity index (χ3n) is 1.39. The summed E-state index contributed by atoms with van der Waals surface area (Å²) < 4.78 is 0. The standard InChI is InChI=1S/C7H15NO2/c1-3-4-6(10)7(8)5(2)9/h5,7,9H,3-4,8H2,1-2H3/t5-,7+/m1/s1. The summed E-state index contributed by atoms with van der Waals surface area (Å²) in [7, 11) is 0. The number of Topliss-reactive ketones (excluding diaryl/α,β-unsaturated/α-hetero) is 1. The Balaban J connectivity index is 3.71. The average molecular weight is 145 g/mol. The second kappa shape index (κ2) is 4.41. The fourth-order valence-corrected chi connectivity index (χ4v) is 0.682. The van der Waals surface area contributed by atoms with E-state index >= 15 is 0 Å². The van der Waals surface area contributed by atoms with Crippen molar-refractivity contribution in [1.29, 1.82) is 0 Å². The van der Waals surface area contributed by atoms with Crippen LogP contribution in [0.25, 0.3) is 0 Å². The lowest BCUT2D eigenvalue weighted by atomic mass is 10.1. The molecule has 0 aromatic carbocycles. The first-order valence-corrected chi connectivity index (χ1v) is 3.56. The summed E-state index contributed by atoms with van der Waals surface area (Å²) in [5.41, 5.74) is 5.35. The fraction of sp³-hybridized carbons (Fsp3) is 0.857. The normalized spacial score (nSPS) is 16.4. The van der Waals surface area contributed by atoms with Gasteiger partial charge in [0.25, 0.3) is 0 Å². The number of rotatable bonds is 4. The number of ketones is 1. The van der Waals surface area contributed by atoms with Crippen molar-refractivity contribution in [2.45, 2.75) is 38.8 Å². The van der Waals surface area contributed by atoms with Crippen molar-refractivity contribution in [3.8, 4) is 0 Å². The molecule has 0 amide bonds. The Bertz CT molecular complexity index is 112. The highest BCUT2D eigenvalue weighted by Crippen LogP contribution is 1.97. The highest BCUT2D eigenvalue weighted by Gasteiger charge is 2.16. The second-order valence-corrected chi connectivity index (χ2v) is 2.48. The van der Waals surface area contributed by atoms with Crippen molar-refractivity contribution in [1.82, 2.24) is 0 Å². The molecule has 0 spiro atoms. The number of aliphatic hydroxyl groups is 1. The van der Waals surface area contributed by atoms with Gasteiger partial charge in [-0.25, -0.2) is 0 Å². The predicted octanol–water partition coefficient (Wildman–Crippen LogP) is 0.0637. The van der Waals surface area contributed by atoms with Crippen LogP contribution in [0.1, 0.15) is 26.7 Å². The summed E-state index contributed by atoms with van der Waals surface area (Å²) in [6.45, 7) is 3.44. The van der Waals surface area contributed by atoms with Gasteiger partial charge in [0.2, 0.25) is 0 Å². The minimum absolute atomic E-state index is 0.0579. The van der Waals surface area contributed by atoms with Crippen molar-refractivity contribution in [3.63, 3.8) is 0 Å². The molecule has 0 aliphatic carbocycles. The van der Waals surface area contributed by atoms with Crippen LogP contribution in [0.15, 0.2) is 0 Å². The molecule has 0 bridgehead atoms. The summed E-state index contributed by atoms with van der Waals surface area (Å²) in [4.78, 5) is 10.9. The quantitative estimate of drug-likeness (QED) is 0.588. The Morgan fingerprint density at radius 3 is 2.50 bits per heavy atom. The molecule has 3 nitrogen and oxygen atoms in total. The van der Waals surface area contributed by atoms with E-state index in [1.54, 1.807) is 0 Å². The lowest BCUT2D eigenvalue weighted by Crippen LogP contribution is -2.39. The van der Waals surface area contributed by atoms with Crippen LogP contribution in [-0.4, -0.2) is 23.0 Å². The minimum Gasteiger partial charge on any atom is -0.391 e. The van der Waals surface area contributed by atoms with E-state index in [1.165, 1.54) is 6.92 Å². The third kappa shape index (κ3) is 2.94. The Hall–Kier alpha value is -0.410. The van der Waals surface area contributed by atoms with Crippen molar-refractivity contribution in [2.75, 3.05) is 0 Å². The Morgan fingerprint density at radius 1 is 1.70 bits per heavy atom. The molecule has 0 heterocycles. The van der Waals surface area contributed by atoms with E-state index in [0.717, 1.165) is 6.42 Å². The van der Waals surface area contributed by atoms with Crippen LogP contribution in [0, 0.1) is 0 Å². The van der Waals surface area contributed by atoms with E-state index in [1.807, 2.05) is 6.92 Å². The predicted molar refractivity (Wildman–Crippen MR) is 39.6 cm³/mol. The first kappa shape index (κ1) is 9.59. The van der Waals surface area contributed by atoms with Gasteiger partial charge >= 0.3 is 0 Å². The summed E-state index contributed by atoms with van der Waals surface area (Å²) in [5.74, 6) is -0.0579. The van der Waals surface area contributed by atoms with E-state index in [4.69, 9.17) is 10.8 Å². The maximum absolute atomic E-state index is 10.9. The number of hydrogen-bond donors (Lipinski definition) is 2. The van der Waals surface area contributed by atoms with Crippen LogP contribution in [0.4, 0.5) is 0 Å². The number of carbonyl (C=O) groups excluding carboxylic acids is 1. The zero-order valence-corrected chi connectivity index (χ0v) is 6.50. The van der Waals surface area contributed by atoms with Gasteiger partial charge in [-0.05, 0) is 13.3 Å². The van der Waals surface area contributed by atoms with Gasteiger partial charge < -0.3 is 10.8 Å². The van der Waals surface area contributed by atoms with Crippen LogP contribution in [0.2, 0.25) is 0 Å². The van der Waals surface area contributed by atoms with Gasteiger partial charge in [-0.2, -0.15) is 0 Å². The molecule has 60 valence electrons. The zero-order chi connectivity index (χ0) is 8.15. The molecule has 0 aromatic rings. The fourth-order valence-electron chi connectivity index (χ4n) is 0.682. The highest BCUT2D eigenvalue weighted by molar-refractivity contribution is 5.84. The molecule has 3 N–H and O–H groups in total. The number of aliphatic hydroxyl groups excluding tert-OH is 1. The monoisotopic (exact) mass is 145 g/mol. The molecule has 2 atom stereocenters. The van der Waals surface area contributed by atoms with Crippen LogP contribution < -0.4 is 5.73 Å². The highest BCUT2D eigenvalue weighted by atomic mass is 16.3. The molecule has 3 heteroatoms. The van der Waals surface area contributed by atoms with E-state index in [9.17, 15) is 4.79 Å². The summed E-state index contributed by atoms with van der Waals surface area (Å²) in [6.07, 6.45) is 0.532. The minimum atomic E-state index is -0.723. The molecule has 0 aromatic heterocycles. The molecule has 0 aliphatic rings. The lowest BCUT2D eigenvalue weighted by molar-refractivity contribution is -0.122. The smallest absolute Gasteiger partial charge is 0.152 e. The summed E-state index contributed by atoms with van der Waals surface area (Å²) in [6, 6.07) is -0.694. The molecular formula is C7H15NO2. The second-order valence-electron chi connectivity index (χ2n) is 2.48. The largest absolute Gasteiger partial charge is 0.391 e. The van der Waals surface area contributed by atoms with E-state index in [-0.39, 0.29) is 5.78 Å². The summed E-state index contributed by atoms with van der Waals surface area (Å²) in [5, 5.41) is 8.87. The average Bonchev–Trinajstić information content (AvgIpc) is 1.87. The van der Waals surface area contributed by atoms with Crippen molar-refractivity contribution < 1.29 is 9.90 Å². The SMILES string of the molecule is CCCC(=O)[C@@H](N)[C@@H](C)O. The van der Waals surface area contributed by atoms with Crippen LogP contribution in [-0.2, 0) is 4.79 Å². The number of carbonyl (C=O) groups is 1. The molecule has 0 fully saturated rings. The Labute approximate surface area is 61.2 Å². The van der Waals surface area contributed by atoms with Crippen LogP contribution >= 0.6 is 0 Å². The van der Waals surface area contributed by atoms with Crippen molar-refractivity contribution in [3.05, 3.63) is 0 Å². The molecule has 10 heavy (non-hydrogen) atoms. The van der Waals surface area contributed by atoms with Gasteiger partial charge in [0.1, 0.15) is 0 Å². The maximum Gasteiger partial charge on any atom is 0.152 e. The van der Waals surface area contributed by atoms with Gasteiger partial charge in [0.15, 0.2) is 5.78 Å². The molecule has 0 unspecified atom stereocenters. The van der Waals surface area contributed by atoms with Crippen molar-refractivity contribution in [2.24, 2.45) is 5.73 Å². The topological polar surface area (TPSA) is 63.3 Å². The van der Waals surface area contributed by atoms with E-state index in [0.29, 0.717) is 6.42 Å². The zero-order valence-electron chi connectivity index (χ0n) is 6.50. The molecular weight excluding hydrogens is 130 g/mol. The molecule has 0 rings (SSSR count). The Kier molecular flexibility index (Phi) is 4.23.